The molecule has 0 aromatic carbocycles. The highest BCUT2D eigenvalue weighted by molar-refractivity contribution is 5.41. The van der Waals surface area contributed by atoms with E-state index in [0.29, 0.717) is 12.2 Å². The normalized spacial score (nSPS) is 25.5. The maximum absolute atomic E-state index is 13.5. The third kappa shape index (κ3) is 2.00. The Hall–Kier alpha value is -1.39. The first-order valence-electron chi connectivity index (χ1n) is 5.14. The Labute approximate surface area is 88.3 Å². The highest BCUT2D eigenvalue weighted by atomic mass is 19.1. The predicted octanol–water partition coefficient (Wildman–Crippen LogP) is 1.39. The van der Waals surface area contributed by atoms with Crippen LogP contribution in [0.2, 0.25) is 0 Å². The molecule has 1 aromatic rings. The third-order valence-electron chi connectivity index (χ3n) is 2.92. The van der Waals surface area contributed by atoms with E-state index in [1.165, 1.54) is 0 Å². The van der Waals surface area contributed by atoms with Gasteiger partial charge in [0.1, 0.15) is 12.0 Å². The van der Waals surface area contributed by atoms with Crippen LogP contribution in [0.4, 0.5) is 16.2 Å². The van der Waals surface area contributed by atoms with Gasteiger partial charge < -0.3 is 10.6 Å². The molecular formula is C10H15FN4. The average molecular weight is 210 g/mol. The highest BCUT2D eigenvalue weighted by Crippen LogP contribution is 2.28. The average Bonchev–Trinajstić information content (AvgIpc) is 2.63. The van der Waals surface area contributed by atoms with Crippen LogP contribution in [0.15, 0.2) is 12.3 Å². The monoisotopic (exact) mass is 210 g/mol. The van der Waals surface area contributed by atoms with Gasteiger partial charge in [-0.25, -0.2) is 9.37 Å². The quantitative estimate of drug-likeness (QED) is 0.801. The van der Waals surface area contributed by atoms with Gasteiger partial charge in [-0.3, -0.25) is 0 Å². The molecule has 5 heteroatoms. The molecule has 1 aliphatic rings. The topological polar surface area (TPSA) is 55.0 Å². The number of nitrogens with zero attached hydrogens (tertiary/aromatic N) is 3. The standard InChI is InChI=1S/C10H15FN4/c1-15(8-4-2-3-7(8)11)9-5-6-13-10(12)14-9/h5-8H,2-4H2,1H3,(H2,12,13,14)/t7-,8-/m1/s1. The van der Waals surface area contributed by atoms with Crippen LogP contribution in [0.3, 0.4) is 0 Å². The Balaban J connectivity index is 2.16. The van der Waals surface area contributed by atoms with E-state index >= 15 is 0 Å². The number of anilines is 2. The number of halogens is 1. The van der Waals surface area contributed by atoms with Gasteiger partial charge >= 0.3 is 0 Å². The summed E-state index contributed by atoms with van der Waals surface area (Å²) in [5.74, 6) is 0.921. The molecule has 1 fully saturated rings. The molecule has 0 aliphatic heterocycles. The van der Waals surface area contributed by atoms with Crippen LogP contribution >= 0.6 is 0 Å². The molecule has 82 valence electrons. The van der Waals surface area contributed by atoms with Crippen LogP contribution in [-0.4, -0.2) is 29.2 Å². The SMILES string of the molecule is CN(c1ccnc(N)n1)[C@@H]1CCC[C@H]1F. The van der Waals surface area contributed by atoms with Crippen LogP contribution < -0.4 is 10.6 Å². The van der Waals surface area contributed by atoms with E-state index in [9.17, 15) is 4.39 Å². The molecule has 0 radical (unpaired) electrons. The van der Waals surface area contributed by atoms with Crippen LogP contribution in [0, 0.1) is 0 Å². The number of nitrogens with two attached hydrogens (primary N) is 1. The van der Waals surface area contributed by atoms with Crippen molar-refractivity contribution in [1.82, 2.24) is 9.97 Å². The Morgan fingerprint density at radius 1 is 1.53 bits per heavy atom. The van der Waals surface area contributed by atoms with Crippen LogP contribution in [0.25, 0.3) is 0 Å². The first-order valence-corrected chi connectivity index (χ1v) is 5.14. The molecule has 0 spiro atoms. The first-order chi connectivity index (χ1) is 7.18. The Kier molecular flexibility index (Phi) is 2.70. The fourth-order valence-corrected chi connectivity index (χ4v) is 2.06. The van der Waals surface area contributed by atoms with Crippen molar-refractivity contribution in [2.45, 2.75) is 31.5 Å². The second kappa shape index (κ2) is 4.00. The molecule has 2 N–H and O–H groups in total. The summed E-state index contributed by atoms with van der Waals surface area (Å²) in [6.07, 6.45) is 3.30. The zero-order valence-electron chi connectivity index (χ0n) is 8.73. The van der Waals surface area contributed by atoms with Crippen molar-refractivity contribution < 1.29 is 4.39 Å². The van der Waals surface area contributed by atoms with E-state index in [1.807, 2.05) is 11.9 Å². The molecule has 4 nitrogen and oxygen atoms in total. The largest absolute Gasteiger partial charge is 0.368 e. The molecule has 1 heterocycles. The Morgan fingerprint density at radius 3 is 2.93 bits per heavy atom. The lowest BCUT2D eigenvalue weighted by molar-refractivity contribution is 0.306. The van der Waals surface area contributed by atoms with E-state index in [2.05, 4.69) is 9.97 Å². The summed E-state index contributed by atoms with van der Waals surface area (Å²) in [7, 11) is 1.85. The minimum atomic E-state index is -0.758. The van der Waals surface area contributed by atoms with Crippen molar-refractivity contribution in [3.63, 3.8) is 0 Å². The van der Waals surface area contributed by atoms with Gasteiger partial charge in [0.25, 0.3) is 0 Å². The first kappa shape index (κ1) is 10.1. The van der Waals surface area contributed by atoms with Gasteiger partial charge in [0.05, 0.1) is 6.04 Å². The van der Waals surface area contributed by atoms with E-state index in [-0.39, 0.29) is 12.0 Å². The van der Waals surface area contributed by atoms with Crippen molar-refractivity contribution in [3.8, 4) is 0 Å². The maximum Gasteiger partial charge on any atom is 0.221 e. The van der Waals surface area contributed by atoms with Crippen molar-refractivity contribution >= 4 is 11.8 Å². The molecule has 0 amide bonds. The van der Waals surface area contributed by atoms with E-state index in [1.54, 1.807) is 12.3 Å². The summed E-state index contributed by atoms with van der Waals surface area (Å²) in [6, 6.07) is 1.68. The molecule has 2 rings (SSSR count). The lowest BCUT2D eigenvalue weighted by atomic mass is 10.2. The summed E-state index contributed by atoms with van der Waals surface area (Å²) in [6.45, 7) is 0. The lowest BCUT2D eigenvalue weighted by Gasteiger charge is -2.26. The Bertz CT molecular complexity index is 344. The molecule has 2 atom stereocenters. The van der Waals surface area contributed by atoms with E-state index < -0.39 is 6.17 Å². The summed E-state index contributed by atoms with van der Waals surface area (Å²) in [4.78, 5) is 9.75. The molecular weight excluding hydrogens is 195 g/mol. The maximum atomic E-state index is 13.5. The van der Waals surface area contributed by atoms with Crippen molar-refractivity contribution in [2.24, 2.45) is 0 Å². The van der Waals surface area contributed by atoms with Crippen molar-refractivity contribution in [1.29, 1.82) is 0 Å². The molecule has 1 aliphatic carbocycles. The van der Waals surface area contributed by atoms with Gasteiger partial charge in [-0.05, 0) is 25.3 Å². The van der Waals surface area contributed by atoms with Crippen molar-refractivity contribution in [2.75, 3.05) is 17.7 Å². The third-order valence-corrected chi connectivity index (χ3v) is 2.92. The number of alkyl halides is 1. The number of hydrogen-bond donors (Lipinski definition) is 1. The van der Waals surface area contributed by atoms with Crippen LogP contribution in [0.5, 0.6) is 0 Å². The molecule has 1 saturated carbocycles. The summed E-state index contributed by atoms with van der Waals surface area (Å²) < 4.78 is 13.5. The number of rotatable bonds is 2. The second-order valence-electron chi connectivity index (χ2n) is 3.90. The van der Waals surface area contributed by atoms with Gasteiger partial charge in [-0.2, -0.15) is 4.98 Å². The lowest BCUT2D eigenvalue weighted by Crippen LogP contribution is -2.36. The minimum Gasteiger partial charge on any atom is -0.368 e. The zero-order valence-corrected chi connectivity index (χ0v) is 8.73. The van der Waals surface area contributed by atoms with Crippen LogP contribution in [0.1, 0.15) is 19.3 Å². The van der Waals surface area contributed by atoms with Gasteiger partial charge in [-0.15, -0.1) is 0 Å². The smallest absolute Gasteiger partial charge is 0.221 e. The summed E-state index contributed by atoms with van der Waals surface area (Å²) in [5.41, 5.74) is 5.49. The van der Waals surface area contributed by atoms with Gasteiger partial charge in [-0.1, -0.05) is 0 Å². The fourth-order valence-electron chi connectivity index (χ4n) is 2.06. The molecule has 0 unspecified atom stereocenters. The molecule has 0 bridgehead atoms. The van der Waals surface area contributed by atoms with Gasteiger partial charge in [0.2, 0.25) is 5.95 Å². The molecule has 1 aromatic heterocycles. The number of aromatic nitrogens is 2. The van der Waals surface area contributed by atoms with E-state index in [0.717, 1.165) is 12.8 Å². The number of hydrogen-bond acceptors (Lipinski definition) is 4. The zero-order chi connectivity index (χ0) is 10.8. The molecule has 15 heavy (non-hydrogen) atoms. The number of nitrogen functional groups attached to an aromatic ring is 1. The van der Waals surface area contributed by atoms with Crippen molar-refractivity contribution in [3.05, 3.63) is 12.3 Å². The van der Waals surface area contributed by atoms with E-state index in [4.69, 9.17) is 5.73 Å². The van der Waals surface area contributed by atoms with Crippen LogP contribution in [-0.2, 0) is 0 Å². The molecule has 0 saturated heterocycles. The summed E-state index contributed by atoms with van der Waals surface area (Å²) in [5, 5.41) is 0. The summed E-state index contributed by atoms with van der Waals surface area (Å²) >= 11 is 0. The minimum absolute atomic E-state index is 0.0701. The Morgan fingerprint density at radius 2 is 2.33 bits per heavy atom. The van der Waals surface area contributed by atoms with Gasteiger partial charge in [0.15, 0.2) is 0 Å². The highest BCUT2D eigenvalue weighted by Gasteiger charge is 2.30. The van der Waals surface area contributed by atoms with Gasteiger partial charge in [0, 0.05) is 13.2 Å². The fraction of sp³-hybridized carbons (Fsp3) is 0.600. The predicted molar refractivity (Wildman–Crippen MR) is 57.4 cm³/mol. The second-order valence-corrected chi connectivity index (χ2v) is 3.90.